The first kappa shape index (κ1) is 22.6. The first-order valence-electron chi connectivity index (χ1n) is 9.09. The Balaban J connectivity index is 2.84. The molecule has 8 heteroatoms. The molecule has 8 nitrogen and oxygen atoms in total. The van der Waals surface area contributed by atoms with E-state index in [9.17, 15) is 14.4 Å². The molecule has 2 amide bonds. The summed E-state index contributed by atoms with van der Waals surface area (Å²) in [5, 5.41) is 17.3. The molecule has 0 radical (unpaired) electrons. The molecule has 0 fully saturated rings. The molecule has 0 heterocycles. The van der Waals surface area contributed by atoms with E-state index < -0.39 is 30.0 Å². The summed E-state index contributed by atoms with van der Waals surface area (Å²) < 4.78 is 0. The molecule has 1 rings (SSSR count). The molecular formula is C19H30N4O4. The second-order valence-corrected chi connectivity index (χ2v) is 6.90. The Morgan fingerprint density at radius 1 is 1.04 bits per heavy atom. The molecule has 150 valence electrons. The van der Waals surface area contributed by atoms with E-state index in [4.69, 9.17) is 10.8 Å². The van der Waals surface area contributed by atoms with Crippen LogP contribution < -0.4 is 21.7 Å². The van der Waals surface area contributed by atoms with Gasteiger partial charge < -0.3 is 21.5 Å². The SMILES string of the molecule is CC(C)C[C@H](NC(=O)[C@H](CCN)N[C@H](C)C(=O)O)C(=O)Nc1ccccc1. The number of carboxylic acids is 1. The van der Waals surface area contributed by atoms with Gasteiger partial charge in [-0.15, -0.1) is 0 Å². The van der Waals surface area contributed by atoms with E-state index in [1.165, 1.54) is 6.92 Å². The molecule has 0 bridgehead atoms. The molecule has 0 unspecified atom stereocenters. The second-order valence-electron chi connectivity index (χ2n) is 6.90. The van der Waals surface area contributed by atoms with Crippen LogP contribution in [0.15, 0.2) is 30.3 Å². The Labute approximate surface area is 159 Å². The Hall–Kier alpha value is -2.45. The number of carbonyl (C=O) groups is 3. The van der Waals surface area contributed by atoms with E-state index in [0.717, 1.165) is 0 Å². The fourth-order valence-corrected chi connectivity index (χ4v) is 2.56. The third kappa shape index (κ3) is 8.19. The van der Waals surface area contributed by atoms with Gasteiger partial charge in [-0.1, -0.05) is 32.0 Å². The number of hydrogen-bond acceptors (Lipinski definition) is 5. The summed E-state index contributed by atoms with van der Waals surface area (Å²) in [6, 6.07) is 6.55. The number of para-hydroxylation sites is 1. The van der Waals surface area contributed by atoms with Crippen LogP contribution >= 0.6 is 0 Å². The monoisotopic (exact) mass is 378 g/mol. The molecule has 0 aliphatic carbocycles. The van der Waals surface area contributed by atoms with Gasteiger partial charge in [0.05, 0.1) is 6.04 Å². The van der Waals surface area contributed by atoms with Gasteiger partial charge in [-0.2, -0.15) is 0 Å². The summed E-state index contributed by atoms with van der Waals surface area (Å²) in [6.07, 6.45) is 0.715. The topological polar surface area (TPSA) is 134 Å². The van der Waals surface area contributed by atoms with E-state index in [2.05, 4.69) is 16.0 Å². The summed E-state index contributed by atoms with van der Waals surface area (Å²) in [5.74, 6) is -1.65. The van der Waals surface area contributed by atoms with Crippen molar-refractivity contribution in [1.82, 2.24) is 10.6 Å². The highest BCUT2D eigenvalue weighted by Gasteiger charge is 2.28. The smallest absolute Gasteiger partial charge is 0.320 e. The minimum absolute atomic E-state index is 0.177. The zero-order valence-corrected chi connectivity index (χ0v) is 16.1. The van der Waals surface area contributed by atoms with Crippen LogP contribution in [0.3, 0.4) is 0 Å². The van der Waals surface area contributed by atoms with Crippen LogP contribution in [0.5, 0.6) is 0 Å². The first-order chi connectivity index (χ1) is 12.7. The highest BCUT2D eigenvalue weighted by molar-refractivity contribution is 5.97. The number of aliphatic carboxylic acids is 1. The van der Waals surface area contributed by atoms with Crippen molar-refractivity contribution in [3.63, 3.8) is 0 Å². The molecule has 1 aromatic carbocycles. The Bertz CT molecular complexity index is 621. The van der Waals surface area contributed by atoms with Crippen LogP contribution in [-0.4, -0.2) is 47.6 Å². The van der Waals surface area contributed by atoms with Gasteiger partial charge in [-0.3, -0.25) is 19.7 Å². The summed E-state index contributed by atoms with van der Waals surface area (Å²) in [6.45, 7) is 5.57. The van der Waals surface area contributed by atoms with Crippen molar-refractivity contribution in [2.45, 2.75) is 51.7 Å². The van der Waals surface area contributed by atoms with Gasteiger partial charge in [0.15, 0.2) is 0 Å². The molecule has 3 atom stereocenters. The van der Waals surface area contributed by atoms with Crippen molar-refractivity contribution >= 4 is 23.5 Å². The fourth-order valence-electron chi connectivity index (χ4n) is 2.56. The lowest BCUT2D eigenvalue weighted by atomic mass is 10.0. The van der Waals surface area contributed by atoms with Gasteiger partial charge in [-0.25, -0.2) is 0 Å². The van der Waals surface area contributed by atoms with E-state index in [0.29, 0.717) is 12.1 Å². The average Bonchev–Trinajstić information content (AvgIpc) is 2.60. The Kier molecular flexibility index (Phi) is 9.46. The van der Waals surface area contributed by atoms with Gasteiger partial charge in [0.1, 0.15) is 12.1 Å². The molecule has 0 spiro atoms. The molecule has 1 aromatic rings. The van der Waals surface area contributed by atoms with Gasteiger partial charge in [0, 0.05) is 5.69 Å². The maximum atomic E-state index is 12.6. The number of benzene rings is 1. The summed E-state index contributed by atoms with van der Waals surface area (Å²) in [7, 11) is 0. The van der Waals surface area contributed by atoms with E-state index in [1.54, 1.807) is 24.3 Å². The number of nitrogens with one attached hydrogen (secondary N) is 3. The molecule has 0 aromatic heterocycles. The summed E-state index contributed by atoms with van der Waals surface area (Å²) >= 11 is 0. The number of anilines is 1. The number of hydrogen-bond donors (Lipinski definition) is 5. The van der Waals surface area contributed by atoms with E-state index in [1.807, 2.05) is 19.9 Å². The van der Waals surface area contributed by atoms with Crippen molar-refractivity contribution in [1.29, 1.82) is 0 Å². The third-order valence-corrected chi connectivity index (χ3v) is 3.97. The van der Waals surface area contributed by atoms with Crippen LogP contribution in [0.4, 0.5) is 5.69 Å². The van der Waals surface area contributed by atoms with Crippen molar-refractivity contribution in [3.8, 4) is 0 Å². The highest BCUT2D eigenvalue weighted by Crippen LogP contribution is 2.10. The van der Waals surface area contributed by atoms with Crippen LogP contribution in [-0.2, 0) is 14.4 Å². The van der Waals surface area contributed by atoms with Gasteiger partial charge in [0.2, 0.25) is 11.8 Å². The zero-order chi connectivity index (χ0) is 20.4. The molecular weight excluding hydrogens is 348 g/mol. The van der Waals surface area contributed by atoms with Crippen LogP contribution in [0.25, 0.3) is 0 Å². The predicted molar refractivity (Wildman–Crippen MR) is 104 cm³/mol. The second kappa shape index (κ2) is 11.3. The van der Waals surface area contributed by atoms with Crippen LogP contribution in [0.2, 0.25) is 0 Å². The standard InChI is InChI=1S/C19H30N4O4/c1-12(2)11-16(18(25)22-14-7-5-4-6-8-14)23-17(24)15(9-10-20)21-13(3)19(26)27/h4-8,12-13,15-16,21H,9-11,20H2,1-3H3,(H,22,25)(H,23,24)(H,26,27)/t13-,15+,16+/m1/s1. The normalized spacial score (nSPS) is 14.3. The van der Waals surface area contributed by atoms with Crippen LogP contribution in [0, 0.1) is 5.92 Å². The van der Waals surface area contributed by atoms with Gasteiger partial charge in [-0.05, 0) is 44.4 Å². The lowest BCUT2D eigenvalue weighted by molar-refractivity contribution is -0.139. The third-order valence-electron chi connectivity index (χ3n) is 3.97. The van der Waals surface area contributed by atoms with Crippen molar-refractivity contribution in [3.05, 3.63) is 30.3 Å². The zero-order valence-electron chi connectivity index (χ0n) is 16.1. The van der Waals surface area contributed by atoms with E-state index >= 15 is 0 Å². The highest BCUT2D eigenvalue weighted by atomic mass is 16.4. The Morgan fingerprint density at radius 2 is 1.67 bits per heavy atom. The lowest BCUT2D eigenvalue weighted by Crippen LogP contribution is -2.55. The van der Waals surface area contributed by atoms with E-state index in [-0.39, 0.29) is 24.8 Å². The number of amides is 2. The average molecular weight is 378 g/mol. The summed E-state index contributed by atoms with van der Waals surface area (Å²) in [5.41, 5.74) is 6.19. The van der Waals surface area contributed by atoms with Crippen molar-refractivity contribution in [2.24, 2.45) is 11.7 Å². The number of nitrogens with two attached hydrogens (primary N) is 1. The molecule has 0 aliphatic rings. The number of carbonyl (C=O) groups excluding carboxylic acids is 2. The molecule has 0 saturated carbocycles. The van der Waals surface area contributed by atoms with Gasteiger partial charge >= 0.3 is 5.97 Å². The summed E-state index contributed by atoms with van der Waals surface area (Å²) in [4.78, 5) is 36.3. The molecule has 0 aliphatic heterocycles. The molecule has 27 heavy (non-hydrogen) atoms. The van der Waals surface area contributed by atoms with Crippen molar-refractivity contribution in [2.75, 3.05) is 11.9 Å². The molecule has 0 saturated heterocycles. The number of rotatable bonds is 11. The Morgan fingerprint density at radius 3 is 2.19 bits per heavy atom. The maximum absolute atomic E-state index is 12.6. The minimum Gasteiger partial charge on any atom is -0.480 e. The lowest BCUT2D eigenvalue weighted by Gasteiger charge is -2.25. The molecule has 6 N–H and O–H groups in total. The van der Waals surface area contributed by atoms with Crippen molar-refractivity contribution < 1.29 is 19.5 Å². The maximum Gasteiger partial charge on any atom is 0.320 e. The fraction of sp³-hybridized carbons (Fsp3) is 0.526. The first-order valence-corrected chi connectivity index (χ1v) is 9.09. The largest absolute Gasteiger partial charge is 0.480 e. The number of carboxylic acid groups (broad SMARTS) is 1. The van der Waals surface area contributed by atoms with Gasteiger partial charge in [0.25, 0.3) is 0 Å². The minimum atomic E-state index is -1.06. The van der Waals surface area contributed by atoms with Crippen LogP contribution in [0.1, 0.15) is 33.6 Å². The predicted octanol–water partition coefficient (Wildman–Crippen LogP) is 0.936. The quantitative estimate of drug-likeness (QED) is 0.389.